The molecule has 2 aromatic rings. The summed E-state index contributed by atoms with van der Waals surface area (Å²) < 4.78 is 0. The van der Waals surface area contributed by atoms with Crippen LogP contribution in [-0.2, 0) is 10.8 Å². The number of rotatable bonds is 2. The van der Waals surface area contributed by atoms with Gasteiger partial charge in [-0.2, -0.15) is 0 Å². The summed E-state index contributed by atoms with van der Waals surface area (Å²) in [5, 5.41) is 3.36. The molecule has 2 aromatic carbocycles. The maximum Gasteiger partial charge on any atom is 0.124 e. The molecule has 3 rings (SSSR count). The predicted molar refractivity (Wildman–Crippen MR) is 124 cm³/mol. The van der Waals surface area contributed by atoms with Gasteiger partial charge in [-0.15, -0.1) is 0 Å². The highest BCUT2D eigenvalue weighted by molar-refractivity contribution is 7.07. The van der Waals surface area contributed by atoms with Crippen LogP contribution < -0.4 is 10.4 Å². The van der Waals surface area contributed by atoms with Crippen molar-refractivity contribution in [2.75, 3.05) is 0 Å². The van der Waals surface area contributed by atoms with Crippen LogP contribution in [0, 0.1) is 0 Å². The van der Waals surface area contributed by atoms with E-state index in [0.717, 1.165) is 0 Å². The van der Waals surface area contributed by atoms with Crippen molar-refractivity contribution in [2.24, 2.45) is 0 Å². The molecule has 0 aromatic heterocycles. The number of benzene rings is 2. The second-order valence-corrected chi connectivity index (χ2v) is 16.3. The molecule has 1 aliphatic heterocycles. The number of hydrogen-bond acceptors (Lipinski definition) is 0. The van der Waals surface area contributed by atoms with Crippen molar-refractivity contribution in [3.63, 3.8) is 0 Å². The van der Waals surface area contributed by atoms with Gasteiger partial charge in [-0.1, -0.05) is 106 Å². The van der Waals surface area contributed by atoms with Gasteiger partial charge in [0.25, 0.3) is 0 Å². The normalized spacial score (nSPS) is 16.0. The van der Waals surface area contributed by atoms with E-state index in [0.29, 0.717) is 11.1 Å². The van der Waals surface area contributed by atoms with E-state index in [1.165, 1.54) is 22.3 Å². The molecule has 1 heterocycles. The monoisotopic (exact) mass is 378 g/mol. The second kappa shape index (κ2) is 6.34. The van der Waals surface area contributed by atoms with Crippen molar-refractivity contribution >= 4 is 18.4 Å². The summed E-state index contributed by atoms with van der Waals surface area (Å²) in [6.07, 6.45) is 0. The van der Waals surface area contributed by atoms with Gasteiger partial charge in [-0.25, -0.2) is 0 Å². The van der Waals surface area contributed by atoms with Crippen LogP contribution in [0.3, 0.4) is 0 Å². The molecule has 0 N–H and O–H groups in total. The van der Waals surface area contributed by atoms with Crippen LogP contribution in [0.1, 0.15) is 80.4 Å². The van der Waals surface area contributed by atoms with Crippen molar-refractivity contribution < 1.29 is 0 Å². The fourth-order valence-corrected chi connectivity index (χ4v) is 11.5. The Labute approximate surface area is 168 Å². The van der Waals surface area contributed by atoms with E-state index in [4.69, 9.17) is 0 Å². The van der Waals surface area contributed by atoms with Gasteiger partial charge < -0.3 is 0 Å². The van der Waals surface area contributed by atoms with E-state index in [2.05, 4.69) is 106 Å². The third-order valence-electron chi connectivity index (χ3n) is 6.77. The Kier molecular flexibility index (Phi) is 4.79. The van der Waals surface area contributed by atoms with Gasteiger partial charge in [0.2, 0.25) is 0 Å². The van der Waals surface area contributed by atoms with Crippen LogP contribution in [0.5, 0.6) is 0 Å². The Morgan fingerprint density at radius 2 is 0.926 bits per heavy atom. The summed E-state index contributed by atoms with van der Waals surface area (Å²) in [5.41, 5.74) is 7.71. The van der Waals surface area contributed by atoms with Crippen molar-refractivity contribution in [2.45, 2.75) is 91.1 Å². The lowest BCUT2D eigenvalue weighted by atomic mass is 9.85. The molecule has 0 unspecified atom stereocenters. The minimum atomic E-state index is -1.85. The van der Waals surface area contributed by atoms with Gasteiger partial charge in [0.05, 0.1) is 0 Å². The molecule has 0 radical (unpaired) electrons. The van der Waals surface area contributed by atoms with Gasteiger partial charge in [-0.3, -0.25) is 0 Å². The van der Waals surface area contributed by atoms with Gasteiger partial charge in [0.15, 0.2) is 0 Å². The molecule has 0 atom stereocenters. The van der Waals surface area contributed by atoms with Gasteiger partial charge in [-0.05, 0) is 54.5 Å². The molecule has 27 heavy (non-hydrogen) atoms. The average molecular weight is 379 g/mol. The van der Waals surface area contributed by atoms with Crippen LogP contribution in [-0.4, -0.2) is 8.07 Å². The molecular formula is C26H38Si. The summed E-state index contributed by atoms with van der Waals surface area (Å²) in [6.45, 7) is 23.9. The predicted octanol–water partition coefficient (Wildman–Crippen LogP) is 6.65. The largest absolute Gasteiger partial charge is 0.124 e. The third-order valence-corrected chi connectivity index (χ3v) is 13.0. The molecule has 0 fully saturated rings. The first-order chi connectivity index (χ1) is 12.3. The first-order valence-electron chi connectivity index (χ1n) is 10.6. The smallest absolute Gasteiger partial charge is 0.0645 e. The van der Waals surface area contributed by atoms with Crippen molar-refractivity contribution in [3.8, 4) is 11.1 Å². The zero-order valence-electron chi connectivity index (χ0n) is 19.1. The van der Waals surface area contributed by atoms with Gasteiger partial charge in [0, 0.05) is 0 Å². The topological polar surface area (TPSA) is 0 Å². The molecular weight excluding hydrogens is 340 g/mol. The lowest BCUT2D eigenvalue weighted by molar-refractivity contribution is 0.590. The average Bonchev–Trinajstić information content (AvgIpc) is 2.83. The summed E-state index contributed by atoms with van der Waals surface area (Å²) >= 11 is 0. The third kappa shape index (κ3) is 3.03. The summed E-state index contributed by atoms with van der Waals surface area (Å²) in [6, 6.07) is 14.7. The van der Waals surface area contributed by atoms with Crippen molar-refractivity contribution in [3.05, 3.63) is 47.5 Å². The zero-order chi connectivity index (χ0) is 20.4. The Hall–Kier alpha value is -1.34. The lowest BCUT2D eigenvalue weighted by Gasteiger charge is -2.39. The maximum atomic E-state index is 2.58. The minimum absolute atomic E-state index is 0.189. The molecule has 0 saturated carbocycles. The summed E-state index contributed by atoms with van der Waals surface area (Å²) in [4.78, 5) is 0. The standard InChI is InChI=1S/C26H38Si/c1-17(2)27(18(3)4)23-15-19(25(5,6)7)11-13-21(23)22-14-12-20(16-24(22)27)26(8,9)10/h11-18H,1-10H3. The SMILES string of the molecule is CC(C)[Si]1(C(C)C)c2cc(C(C)(C)C)ccc2-c2ccc(C(C)(C)C)cc21. The maximum absolute atomic E-state index is 2.58. The fraction of sp³-hybridized carbons (Fsp3) is 0.538. The Bertz CT molecular complexity index is 783. The van der Waals surface area contributed by atoms with Gasteiger partial charge >= 0.3 is 0 Å². The van der Waals surface area contributed by atoms with Crippen molar-refractivity contribution in [1.29, 1.82) is 0 Å². The molecule has 1 heteroatoms. The van der Waals surface area contributed by atoms with Crippen LogP contribution >= 0.6 is 0 Å². The quantitative estimate of drug-likeness (QED) is 0.513. The molecule has 0 aliphatic carbocycles. The highest BCUT2D eigenvalue weighted by atomic mass is 28.3. The van der Waals surface area contributed by atoms with Crippen LogP contribution in [0.15, 0.2) is 36.4 Å². The van der Waals surface area contributed by atoms with Crippen LogP contribution in [0.4, 0.5) is 0 Å². The Balaban J connectivity index is 2.39. The van der Waals surface area contributed by atoms with Crippen molar-refractivity contribution in [1.82, 2.24) is 0 Å². The molecule has 0 saturated heterocycles. The molecule has 0 bridgehead atoms. The highest BCUT2D eigenvalue weighted by Crippen LogP contribution is 2.42. The van der Waals surface area contributed by atoms with E-state index in [1.807, 2.05) is 0 Å². The first kappa shape index (κ1) is 20.4. The first-order valence-corrected chi connectivity index (χ1v) is 12.8. The fourth-order valence-electron chi connectivity index (χ4n) is 5.23. The highest BCUT2D eigenvalue weighted by Gasteiger charge is 2.50. The Morgan fingerprint density at radius 1 is 0.593 bits per heavy atom. The van der Waals surface area contributed by atoms with E-state index >= 15 is 0 Å². The second-order valence-electron chi connectivity index (χ2n) is 11.2. The number of hydrogen-bond donors (Lipinski definition) is 0. The molecule has 0 nitrogen and oxygen atoms in total. The van der Waals surface area contributed by atoms with E-state index in [-0.39, 0.29) is 10.8 Å². The molecule has 1 aliphatic rings. The summed E-state index contributed by atoms with van der Waals surface area (Å²) in [7, 11) is -1.85. The van der Waals surface area contributed by atoms with E-state index < -0.39 is 8.07 Å². The lowest BCUT2D eigenvalue weighted by Crippen LogP contribution is -2.60. The Morgan fingerprint density at radius 3 is 1.19 bits per heavy atom. The van der Waals surface area contributed by atoms with Crippen LogP contribution in [0.2, 0.25) is 11.1 Å². The molecule has 0 spiro atoms. The van der Waals surface area contributed by atoms with Crippen LogP contribution in [0.25, 0.3) is 11.1 Å². The molecule has 0 amide bonds. The number of fused-ring (bicyclic) bond motifs is 3. The van der Waals surface area contributed by atoms with Gasteiger partial charge in [0.1, 0.15) is 8.07 Å². The minimum Gasteiger partial charge on any atom is -0.0645 e. The van der Waals surface area contributed by atoms with E-state index in [1.54, 1.807) is 10.4 Å². The zero-order valence-corrected chi connectivity index (χ0v) is 20.1. The molecule has 146 valence electrons. The van der Waals surface area contributed by atoms with E-state index in [9.17, 15) is 0 Å². The summed E-state index contributed by atoms with van der Waals surface area (Å²) in [5.74, 6) is 0.